The van der Waals surface area contributed by atoms with Crippen molar-refractivity contribution in [3.8, 4) is 17.2 Å². The van der Waals surface area contributed by atoms with Crippen molar-refractivity contribution >= 4 is 29.1 Å². The van der Waals surface area contributed by atoms with Crippen molar-refractivity contribution in [1.82, 2.24) is 4.90 Å². The predicted octanol–water partition coefficient (Wildman–Crippen LogP) is 4.60. The van der Waals surface area contributed by atoms with E-state index in [2.05, 4.69) is 0 Å². The third-order valence-electron chi connectivity index (χ3n) is 5.59. The van der Waals surface area contributed by atoms with Crippen molar-refractivity contribution in [1.29, 1.82) is 0 Å². The minimum Gasteiger partial charge on any atom is -0.507 e. The highest BCUT2D eigenvalue weighted by Gasteiger charge is 2.47. The molecule has 0 spiro atoms. The van der Waals surface area contributed by atoms with Crippen molar-refractivity contribution in [2.75, 3.05) is 34.5 Å². The Labute approximate surface area is 210 Å². The summed E-state index contributed by atoms with van der Waals surface area (Å²) in [7, 11) is 4.42. The minimum atomic E-state index is -0.881. The number of para-hydroxylation sites is 1. The number of ketones is 1. The van der Waals surface area contributed by atoms with E-state index in [1.807, 2.05) is 19.9 Å². The predicted molar refractivity (Wildman–Crippen MR) is 132 cm³/mol. The first-order valence-corrected chi connectivity index (χ1v) is 11.6. The van der Waals surface area contributed by atoms with Crippen molar-refractivity contribution in [2.24, 2.45) is 0 Å². The van der Waals surface area contributed by atoms with E-state index in [4.69, 9.17) is 30.5 Å². The normalized spacial score (nSPS) is 17.2. The Bertz CT molecular complexity index is 1130. The molecule has 8 nitrogen and oxygen atoms in total. The zero-order chi connectivity index (χ0) is 25.7. The molecule has 1 fully saturated rings. The van der Waals surface area contributed by atoms with Crippen LogP contribution in [0.15, 0.2) is 42.0 Å². The quantitative estimate of drug-likeness (QED) is 0.219. The number of hydrogen-bond acceptors (Lipinski definition) is 7. The van der Waals surface area contributed by atoms with E-state index < -0.39 is 23.5 Å². The Hall–Kier alpha value is -3.23. The summed E-state index contributed by atoms with van der Waals surface area (Å²) in [6.45, 7) is 4.42. The van der Waals surface area contributed by atoms with E-state index in [0.717, 1.165) is 0 Å². The fourth-order valence-electron chi connectivity index (χ4n) is 4.07. The van der Waals surface area contributed by atoms with Crippen LogP contribution in [0.25, 0.3) is 5.76 Å². The van der Waals surface area contributed by atoms with Crippen molar-refractivity contribution < 1.29 is 33.6 Å². The molecule has 2 aromatic rings. The third kappa shape index (κ3) is 5.39. The fraction of sp³-hybridized carbons (Fsp3) is 0.385. The highest BCUT2D eigenvalue weighted by molar-refractivity contribution is 6.46. The number of amides is 1. The first kappa shape index (κ1) is 26.4. The van der Waals surface area contributed by atoms with Gasteiger partial charge in [-0.3, -0.25) is 9.59 Å². The Morgan fingerprint density at radius 2 is 1.74 bits per heavy atom. The van der Waals surface area contributed by atoms with E-state index in [1.165, 1.54) is 31.3 Å². The number of halogens is 1. The van der Waals surface area contributed by atoms with E-state index in [0.29, 0.717) is 24.3 Å². The first-order chi connectivity index (χ1) is 16.7. The summed E-state index contributed by atoms with van der Waals surface area (Å²) in [6.07, 6.45) is 0.360. The lowest BCUT2D eigenvalue weighted by atomic mass is 9.94. The number of likely N-dealkylation sites (tertiary alicyclic amines) is 1. The third-order valence-corrected chi connectivity index (χ3v) is 5.89. The monoisotopic (exact) mass is 503 g/mol. The molecule has 1 unspecified atom stereocenters. The van der Waals surface area contributed by atoms with Gasteiger partial charge in [0.25, 0.3) is 11.7 Å². The number of carbonyl (C=O) groups excluding carboxylic acids is 2. The number of methoxy groups -OCH3 is 3. The molecule has 0 aromatic heterocycles. The fourth-order valence-corrected chi connectivity index (χ4v) is 4.30. The largest absolute Gasteiger partial charge is 0.507 e. The van der Waals surface area contributed by atoms with Crippen LogP contribution in [0, 0.1) is 0 Å². The SMILES string of the molecule is COCCCN1C(=O)C(=O)/C(=C(/O)c2cc(OC)c(Cl)cc2OC)C1c1ccccc1OC(C)C. The summed E-state index contributed by atoms with van der Waals surface area (Å²) in [4.78, 5) is 27.9. The number of Topliss-reactive ketones (excluding diaryl/α,β-unsaturated/α-hetero) is 1. The van der Waals surface area contributed by atoms with Gasteiger partial charge < -0.3 is 29.0 Å². The average Bonchev–Trinajstić information content (AvgIpc) is 3.08. The van der Waals surface area contributed by atoms with Crippen LogP contribution in [0.5, 0.6) is 17.2 Å². The summed E-state index contributed by atoms with van der Waals surface area (Å²) in [5.74, 6) is -0.897. The molecule has 1 aliphatic rings. The zero-order valence-corrected chi connectivity index (χ0v) is 21.2. The zero-order valence-electron chi connectivity index (χ0n) is 20.5. The van der Waals surface area contributed by atoms with Crippen molar-refractivity contribution in [3.05, 3.63) is 58.1 Å². The topological polar surface area (TPSA) is 94.5 Å². The van der Waals surface area contributed by atoms with E-state index in [1.54, 1.807) is 25.3 Å². The summed E-state index contributed by atoms with van der Waals surface area (Å²) < 4.78 is 21.8. The summed E-state index contributed by atoms with van der Waals surface area (Å²) in [5, 5.41) is 11.7. The molecule has 1 atom stereocenters. The molecule has 1 amide bonds. The van der Waals surface area contributed by atoms with Gasteiger partial charge in [0, 0.05) is 31.9 Å². The number of carbonyl (C=O) groups is 2. The van der Waals surface area contributed by atoms with Gasteiger partial charge in [0.2, 0.25) is 0 Å². The molecular weight excluding hydrogens is 474 g/mol. The lowest BCUT2D eigenvalue weighted by molar-refractivity contribution is -0.140. The van der Waals surface area contributed by atoms with Gasteiger partial charge in [0.1, 0.15) is 23.0 Å². The summed E-state index contributed by atoms with van der Waals surface area (Å²) in [6, 6.07) is 9.24. The molecule has 1 aliphatic heterocycles. The standard InChI is InChI=1S/C26H30ClNO7/c1-15(2)35-19-10-7-6-9-16(19)23-22(25(30)26(31)28(23)11-8-12-32-3)24(29)17-13-21(34-5)18(27)14-20(17)33-4/h6-7,9-10,13-15,23,29H,8,11-12H2,1-5H3/b24-22+. The van der Waals surface area contributed by atoms with Gasteiger partial charge in [-0.15, -0.1) is 0 Å². The van der Waals surface area contributed by atoms with Crippen LogP contribution in [-0.2, 0) is 14.3 Å². The molecule has 1 saturated heterocycles. The van der Waals surface area contributed by atoms with Crippen LogP contribution in [0.4, 0.5) is 0 Å². The first-order valence-electron chi connectivity index (χ1n) is 11.2. The Balaban J connectivity index is 2.27. The van der Waals surface area contributed by atoms with Gasteiger partial charge in [-0.25, -0.2) is 0 Å². The number of benzene rings is 2. The molecule has 3 rings (SSSR count). The van der Waals surface area contributed by atoms with Gasteiger partial charge >= 0.3 is 0 Å². The number of hydrogen-bond donors (Lipinski definition) is 1. The number of aliphatic hydroxyl groups excluding tert-OH is 1. The second kappa shape index (κ2) is 11.5. The Kier molecular flexibility index (Phi) is 8.64. The molecule has 35 heavy (non-hydrogen) atoms. The van der Waals surface area contributed by atoms with Crippen LogP contribution in [0.2, 0.25) is 5.02 Å². The van der Waals surface area contributed by atoms with E-state index >= 15 is 0 Å². The second-order valence-electron chi connectivity index (χ2n) is 8.23. The molecular formula is C26H30ClNO7. The number of nitrogens with zero attached hydrogens (tertiary/aromatic N) is 1. The maximum atomic E-state index is 13.3. The molecule has 0 radical (unpaired) electrons. The molecule has 1 N–H and O–H groups in total. The van der Waals surface area contributed by atoms with E-state index in [-0.39, 0.29) is 40.3 Å². The highest BCUT2D eigenvalue weighted by Crippen LogP contribution is 2.45. The molecule has 2 aromatic carbocycles. The van der Waals surface area contributed by atoms with Gasteiger partial charge in [0.15, 0.2) is 0 Å². The smallest absolute Gasteiger partial charge is 0.295 e. The lowest BCUT2D eigenvalue weighted by Gasteiger charge is -2.27. The highest BCUT2D eigenvalue weighted by atomic mass is 35.5. The van der Waals surface area contributed by atoms with Gasteiger partial charge in [-0.2, -0.15) is 0 Å². The van der Waals surface area contributed by atoms with Crippen LogP contribution in [0.3, 0.4) is 0 Å². The molecule has 0 bridgehead atoms. The molecule has 1 heterocycles. The molecule has 188 valence electrons. The number of aliphatic hydroxyl groups is 1. The maximum absolute atomic E-state index is 13.3. The molecule has 0 aliphatic carbocycles. The minimum absolute atomic E-state index is 0.0742. The van der Waals surface area contributed by atoms with Gasteiger partial charge in [0.05, 0.1) is 42.5 Å². The average molecular weight is 504 g/mol. The van der Waals surface area contributed by atoms with Crippen LogP contribution < -0.4 is 14.2 Å². The van der Waals surface area contributed by atoms with Crippen LogP contribution in [-0.4, -0.2) is 62.3 Å². The second-order valence-corrected chi connectivity index (χ2v) is 8.64. The van der Waals surface area contributed by atoms with Crippen molar-refractivity contribution in [2.45, 2.75) is 32.4 Å². The molecule has 0 saturated carbocycles. The summed E-state index contributed by atoms with van der Waals surface area (Å²) in [5.41, 5.74) is 0.685. The van der Waals surface area contributed by atoms with Crippen molar-refractivity contribution in [3.63, 3.8) is 0 Å². The molecule has 9 heteroatoms. The Morgan fingerprint density at radius 1 is 1.06 bits per heavy atom. The van der Waals surface area contributed by atoms with Gasteiger partial charge in [-0.1, -0.05) is 29.8 Å². The maximum Gasteiger partial charge on any atom is 0.295 e. The lowest BCUT2D eigenvalue weighted by Crippen LogP contribution is -2.31. The van der Waals surface area contributed by atoms with Gasteiger partial charge in [-0.05, 0) is 32.4 Å². The summed E-state index contributed by atoms with van der Waals surface area (Å²) >= 11 is 6.22. The number of rotatable bonds is 10. The Morgan fingerprint density at radius 3 is 2.37 bits per heavy atom. The van der Waals surface area contributed by atoms with E-state index in [9.17, 15) is 14.7 Å². The van der Waals surface area contributed by atoms with Crippen LogP contribution in [0.1, 0.15) is 37.4 Å². The number of ether oxygens (including phenoxy) is 4. The van der Waals surface area contributed by atoms with Crippen LogP contribution >= 0.6 is 11.6 Å².